The Morgan fingerprint density at radius 1 is 1.21 bits per heavy atom. The molecule has 0 aliphatic carbocycles. The molecule has 4 nitrogen and oxygen atoms in total. The van der Waals surface area contributed by atoms with Crippen LogP contribution in [0.1, 0.15) is 6.42 Å². The highest BCUT2D eigenvalue weighted by molar-refractivity contribution is 6.32. The van der Waals surface area contributed by atoms with Crippen LogP contribution >= 0.6 is 11.6 Å². The molecule has 1 unspecified atom stereocenters. The van der Waals surface area contributed by atoms with E-state index >= 15 is 0 Å². The molecule has 0 bridgehead atoms. The van der Waals surface area contributed by atoms with Gasteiger partial charge < -0.3 is 15.4 Å². The van der Waals surface area contributed by atoms with E-state index in [1.165, 1.54) is 0 Å². The van der Waals surface area contributed by atoms with Gasteiger partial charge in [-0.15, -0.1) is 0 Å². The summed E-state index contributed by atoms with van der Waals surface area (Å²) in [6, 6.07) is 15.6. The van der Waals surface area contributed by atoms with E-state index in [4.69, 9.17) is 22.1 Å². The van der Waals surface area contributed by atoms with Crippen molar-refractivity contribution in [3.8, 4) is 16.9 Å². The Bertz CT molecular complexity index is 706. The highest BCUT2D eigenvalue weighted by atomic mass is 35.5. The molecular weight excluding hydrogens is 324 g/mol. The summed E-state index contributed by atoms with van der Waals surface area (Å²) in [5.41, 5.74) is 7.76. The zero-order valence-electron chi connectivity index (χ0n) is 13.5. The third kappa shape index (κ3) is 3.89. The minimum absolute atomic E-state index is 0.00168. The molecule has 5 heteroatoms. The molecule has 1 aliphatic rings. The molecule has 126 valence electrons. The van der Waals surface area contributed by atoms with Crippen LogP contribution in [0.5, 0.6) is 5.75 Å². The topological polar surface area (TPSA) is 55.6 Å². The lowest BCUT2D eigenvalue weighted by molar-refractivity contribution is -0.132. The van der Waals surface area contributed by atoms with E-state index in [0.29, 0.717) is 23.2 Å². The van der Waals surface area contributed by atoms with E-state index in [1.54, 1.807) is 0 Å². The molecule has 0 radical (unpaired) electrons. The van der Waals surface area contributed by atoms with Gasteiger partial charge in [-0.25, -0.2) is 0 Å². The number of carbonyl (C=O) groups excluding carboxylic acids is 1. The quantitative estimate of drug-likeness (QED) is 0.906. The Labute approximate surface area is 147 Å². The van der Waals surface area contributed by atoms with Gasteiger partial charge in [0.05, 0.1) is 5.02 Å². The van der Waals surface area contributed by atoms with Crippen LogP contribution in [0.25, 0.3) is 11.1 Å². The molecule has 0 spiro atoms. The maximum Gasteiger partial charge on any atom is 0.260 e. The van der Waals surface area contributed by atoms with Crippen molar-refractivity contribution in [3.63, 3.8) is 0 Å². The number of halogens is 1. The van der Waals surface area contributed by atoms with Gasteiger partial charge in [0.1, 0.15) is 5.75 Å². The SMILES string of the molecule is NCC1CCN(C(=O)COc2ccc(-c3ccccc3)cc2Cl)C1. The van der Waals surface area contributed by atoms with Gasteiger partial charge in [-0.3, -0.25) is 4.79 Å². The van der Waals surface area contributed by atoms with Gasteiger partial charge >= 0.3 is 0 Å². The third-order valence-corrected chi connectivity index (χ3v) is 4.66. The Morgan fingerprint density at radius 2 is 2.00 bits per heavy atom. The van der Waals surface area contributed by atoms with E-state index in [9.17, 15) is 4.79 Å². The number of hydrogen-bond donors (Lipinski definition) is 1. The number of hydrogen-bond acceptors (Lipinski definition) is 3. The fourth-order valence-corrected chi connectivity index (χ4v) is 3.15. The predicted molar refractivity (Wildman–Crippen MR) is 96.1 cm³/mol. The van der Waals surface area contributed by atoms with Gasteiger partial charge in [0.25, 0.3) is 5.91 Å². The van der Waals surface area contributed by atoms with Crippen molar-refractivity contribution < 1.29 is 9.53 Å². The van der Waals surface area contributed by atoms with Crippen molar-refractivity contribution in [2.75, 3.05) is 26.2 Å². The maximum atomic E-state index is 12.2. The summed E-state index contributed by atoms with van der Waals surface area (Å²) in [4.78, 5) is 14.0. The Hall–Kier alpha value is -2.04. The normalized spacial score (nSPS) is 17.1. The van der Waals surface area contributed by atoms with E-state index < -0.39 is 0 Å². The number of likely N-dealkylation sites (tertiary alicyclic amines) is 1. The zero-order chi connectivity index (χ0) is 16.9. The van der Waals surface area contributed by atoms with Crippen molar-refractivity contribution in [2.45, 2.75) is 6.42 Å². The molecule has 0 aromatic heterocycles. The average Bonchev–Trinajstić information content (AvgIpc) is 3.10. The predicted octanol–water partition coefficient (Wildman–Crippen LogP) is 3.19. The summed E-state index contributed by atoms with van der Waals surface area (Å²) in [5, 5.41) is 0.505. The smallest absolute Gasteiger partial charge is 0.260 e. The largest absolute Gasteiger partial charge is 0.482 e. The molecule has 3 rings (SSSR count). The van der Waals surface area contributed by atoms with Gasteiger partial charge in [0.15, 0.2) is 6.61 Å². The second kappa shape index (κ2) is 7.69. The lowest BCUT2D eigenvalue weighted by Gasteiger charge is -2.17. The fourth-order valence-electron chi connectivity index (χ4n) is 2.91. The van der Waals surface area contributed by atoms with Crippen molar-refractivity contribution in [1.82, 2.24) is 4.90 Å². The molecule has 1 atom stereocenters. The van der Waals surface area contributed by atoms with Crippen molar-refractivity contribution in [3.05, 3.63) is 53.6 Å². The van der Waals surface area contributed by atoms with Gasteiger partial charge in [-0.2, -0.15) is 0 Å². The van der Waals surface area contributed by atoms with Crippen LogP contribution in [0.2, 0.25) is 5.02 Å². The minimum Gasteiger partial charge on any atom is -0.482 e. The summed E-state index contributed by atoms with van der Waals surface area (Å²) in [7, 11) is 0. The lowest BCUT2D eigenvalue weighted by Crippen LogP contribution is -2.33. The molecule has 24 heavy (non-hydrogen) atoms. The van der Waals surface area contributed by atoms with Crippen LogP contribution in [0.4, 0.5) is 0 Å². The highest BCUT2D eigenvalue weighted by Crippen LogP contribution is 2.30. The van der Waals surface area contributed by atoms with Crippen LogP contribution in [0, 0.1) is 5.92 Å². The second-order valence-electron chi connectivity index (χ2n) is 6.03. The average molecular weight is 345 g/mol. The van der Waals surface area contributed by atoms with E-state index in [-0.39, 0.29) is 12.5 Å². The summed E-state index contributed by atoms with van der Waals surface area (Å²) in [6.07, 6.45) is 0.967. The number of rotatable bonds is 5. The molecule has 1 fully saturated rings. The standard InChI is InChI=1S/C19H21ClN2O2/c20-17-10-16(15-4-2-1-3-5-15)6-7-18(17)24-13-19(23)22-9-8-14(11-21)12-22/h1-7,10,14H,8-9,11-13,21H2. The van der Waals surface area contributed by atoms with E-state index in [2.05, 4.69) is 0 Å². The molecular formula is C19H21ClN2O2. The first-order valence-electron chi connectivity index (χ1n) is 8.13. The molecule has 1 amide bonds. The number of nitrogens with two attached hydrogens (primary N) is 1. The molecule has 2 N–H and O–H groups in total. The molecule has 0 saturated carbocycles. The van der Waals surface area contributed by atoms with Crippen molar-refractivity contribution >= 4 is 17.5 Å². The summed E-state index contributed by atoms with van der Waals surface area (Å²) in [6.45, 7) is 2.10. The van der Waals surface area contributed by atoms with Gasteiger partial charge in [-0.1, -0.05) is 48.0 Å². The maximum absolute atomic E-state index is 12.2. The number of carbonyl (C=O) groups is 1. The van der Waals surface area contributed by atoms with Gasteiger partial charge in [0.2, 0.25) is 0 Å². The first-order valence-corrected chi connectivity index (χ1v) is 8.51. The van der Waals surface area contributed by atoms with E-state index in [0.717, 1.165) is 30.6 Å². The van der Waals surface area contributed by atoms with E-state index in [1.807, 2.05) is 53.4 Å². The van der Waals surface area contributed by atoms with Crippen molar-refractivity contribution in [1.29, 1.82) is 0 Å². The van der Waals surface area contributed by atoms with Crippen LogP contribution in [0.3, 0.4) is 0 Å². The highest BCUT2D eigenvalue weighted by Gasteiger charge is 2.25. The summed E-state index contributed by atoms with van der Waals surface area (Å²) >= 11 is 6.30. The van der Waals surface area contributed by atoms with Gasteiger partial charge in [-0.05, 0) is 42.1 Å². The molecule has 1 heterocycles. The zero-order valence-corrected chi connectivity index (χ0v) is 14.2. The molecule has 1 aliphatic heterocycles. The Balaban J connectivity index is 1.61. The number of benzene rings is 2. The third-order valence-electron chi connectivity index (χ3n) is 4.36. The molecule has 2 aromatic rings. The van der Waals surface area contributed by atoms with Crippen molar-refractivity contribution in [2.24, 2.45) is 11.7 Å². The van der Waals surface area contributed by atoms with Crippen LogP contribution in [0.15, 0.2) is 48.5 Å². The fraction of sp³-hybridized carbons (Fsp3) is 0.316. The molecule has 1 saturated heterocycles. The lowest BCUT2D eigenvalue weighted by atomic mass is 10.1. The number of nitrogens with zero attached hydrogens (tertiary/aromatic N) is 1. The van der Waals surface area contributed by atoms with Gasteiger partial charge in [0, 0.05) is 13.1 Å². The minimum atomic E-state index is -0.0193. The first kappa shape index (κ1) is 16.8. The second-order valence-corrected chi connectivity index (χ2v) is 6.44. The summed E-state index contributed by atoms with van der Waals surface area (Å²) < 4.78 is 5.62. The number of ether oxygens (including phenoxy) is 1. The monoisotopic (exact) mass is 344 g/mol. The van der Waals surface area contributed by atoms with Crippen LogP contribution in [-0.2, 0) is 4.79 Å². The Kier molecular flexibility index (Phi) is 5.38. The Morgan fingerprint density at radius 3 is 2.67 bits per heavy atom. The van der Waals surface area contributed by atoms with Crippen LogP contribution < -0.4 is 10.5 Å². The van der Waals surface area contributed by atoms with Crippen LogP contribution in [-0.4, -0.2) is 37.0 Å². The first-order chi connectivity index (χ1) is 11.7. The number of amides is 1. The molecule has 2 aromatic carbocycles. The summed E-state index contributed by atoms with van der Waals surface area (Å²) in [5.74, 6) is 0.913.